The van der Waals surface area contributed by atoms with Gasteiger partial charge in [-0.15, -0.1) is 6.58 Å². The monoisotopic (exact) mass is 403 g/mol. The van der Waals surface area contributed by atoms with Crippen molar-refractivity contribution in [3.05, 3.63) is 48.0 Å². The molecule has 0 fully saturated rings. The number of rotatable bonds is 16. The molecule has 158 valence electrons. The molecule has 0 aliphatic heterocycles. The standard InChI is InChI=1S/C22H29NO6/c1-3-5-21(24)19-6-8-20(9-7-19)22(25)23-10-12-27-14-16-29-18-17-28-15-13-26-11-4-2/h4,6-9H,2,10-18H2,1H3,(H,23,25). The lowest BCUT2D eigenvalue weighted by atomic mass is 10.1. The fourth-order valence-electron chi connectivity index (χ4n) is 2.12. The first-order valence-electron chi connectivity index (χ1n) is 9.46. The molecule has 1 aromatic rings. The molecule has 1 N–H and O–H groups in total. The van der Waals surface area contributed by atoms with Crippen molar-refractivity contribution >= 4 is 11.7 Å². The minimum atomic E-state index is -0.265. The highest BCUT2D eigenvalue weighted by Gasteiger charge is 2.07. The van der Waals surface area contributed by atoms with Crippen LogP contribution in [0.3, 0.4) is 0 Å². The van der Waals surface area contributed by atoms with Crippen LogP contribution in [0.15, 0.2) is 36.9 Å². The molecule has 0 radical (unpaired) electrons. The van der Waals surface area contributed by atoms with E-state index in [1.165, 1.54) is 0 Å². The Morgan fingerprint density at radius 1 is 0.897 bits per heavy atom. The largest absolute Gasteiger partial charge is 0.377 e. The van der Waals surface area contributed by atoms with Crippen molar-refractivity contribution < 1.29 is 28.5 Å². The Bertz CT molecular complexity index is 675. The molecule has 0 saturated heterocycles. The summed E-state index contributed by atoms with van der Waals surface area (Å²) in [5.41, 5.74) is 0.940. The first kappa shape index (κ1) is 24.5. The lowest BCUT2D eigenvalue weighted by Crippen LogP contribution is -2.27. The highest BCUT2D eigenvalue weighted by atomic mass is 16.6. The number of hydrogen-bond donors (Lipinski definition) is 1. The van der Waals surface area contributed by atoms with Crippen molar-refractivity contribution in [2.24, 2.45) is 0 Å². The van der Waals surface area contributed by atoms with Crippen LogP contribution in [0, 0.1) is 11.8 Å². The Hall–Kier alpha value is -2.50. The summed E-state index contributed by atoms with van der Waals surface area (Å²) in [6.07, 6.45) is 1.69. The summed E-state index contributed by atoms with van der Waals surface area (Å²) in [5.74, 6) is 4.53. The Morgan fingerprint density at radius 3 is 1.97 bits per heavy atom. The first-order chi connectivity index (χ1) is 14.2. The van der Waals surface area contributed by atoms with Crippen molar-refractivity contribution in [1.82, 2.24) is 5.32 Å². The molecule has 0 unspecified atom stereocenters. The molecule has 1 amide bonds. The molecule has 0 aliphatic carbocycles. The molecule has 1 rings (SSSR count). The van der Waals surface area contributed by atoms with Crippen LogP contribution in [0.1, 0.15) is 27.6 Å². The van der Waals surface area contributed by atoms with Gasteiger partial charge >= 0.3 is 0 Å². The molecule has 7 heteroatoms. The molecule has 1 aromatic carbocycles. The lowest BCUT2D eigenvalue weighted by molar-refractivity contribution is 0.00136. The van der Waals surface area contributed by atoms with E-state index in [2.05, 4.69) is 23.7 Å². The minimum Gasteiger partial charge on any atom is -0.377 e. The van der Waals surface area contributed by atoms with Crippen LogP contribution in [-0.4, -0.2) is 71.1 Å². The first-order valence-corrected chi connectivity index (χ1v) is 9.46. The third kappa shape index (κ3) is 11.8. The molecular weight excluding hydrogens is 374 g/mol. The van der Waals surface area contributed by atoms with Gasteiger partial charge in [0.2, 0.25) is 5.78 Å². The van der Waals surface area contributed by atoms with E-state index in [0.29, 0.717) is 70.5 Å². The normalized spacial score (nSPS) is 10.1. The SMILES string of the molecule is C=CCOCCOCCOCCOCCNC(=O)c1ccc(C(=O)C#CC)cc1. The van der Waals surface area contributed by atoms with E-state index in [0.717, 1.165) is 0 Å². The fourth-order valence-corrected chi connectivity index (χ4v) is 2.12. The van der Waals surface area contributed by atoms with Crippen molar-refractivity contribution in [1.29, 1.82) is 0 Å². The van der Waals surface area contributed by atoms with E-state index >= 15 is 0 Å². The maximum Gasteiger partial charge on any atom is 0.251 e. The van der Waals surface area contributed by atoms with Gasteiger partial charge in [0, 0.05) is 17.7 Å². The van der Waals surface area contributed by atoms with E-state index < -0.39 is 0 Å². The van der Waals surface area contributed by atoms with Crippen molar-refractivity contribution in [2.45, 2.75) is 6.92 Å². The quantitative estimate of drug-likeness (QED) is 0.149. The zero-order chi connectivity index (χ0) is 21.2. The second kappa shape index (κ2) is 16.5. The van der Waals surface area contributed by atoms with Gasteiger partial charge in [-0.05, 0) is 37.1 Å². The molecule has 7 nitrogen and oxygen atoms in total. The Morgan fingerprint density at radius 2 is 1.41 bits per heavy atom. The molecule has 0 heterocycles. The molecule has 29 heavy (non-hydrogen) atoms. The van der Waals surface area contributed by atoms with Crippen LogP contribution >= 0.6 is 0 Å². The van der Waals surface area contributed by atoms with E-state index in [-0.39, 0.29) is 11.7 Å². The number of ketones is 1. The molecule has 0 aliphatic rings. The van der Waals surface area contributed by atoms with Crippen LogP contribution < -0.4 is 5.32 Å². The van der Waals surface area contributed by atoms with E-state index in [9.17, 15) is 9.59 Å². The highest BCUT2D eigenvalue weighted by molar-refractivity contribution is 6.09. The van der Waals surface area contributed by atoms with Gasteiger partial charge in [0.05, 0.1) is 52.9 Å². The zero-order valence-corrected chi connectivity index (χ0v) is 16.9. The van der Waals surface area contributed by atoms with Crippen LogP contribution in [-0.2, 0) is 18.9 Å². The average molecular weight is 403 g/mol. The third-order valence-electron chi connectivity index (χ3n) is 3.53. The number of carbonyl (C=O) groups is 2. The summed E-state index contributed by atoms with van der Waals surface area (Å²) in [4.78, 5) is 23.7. The maximum absolute atomic E-state index is 12.0. The third-order valence-corrected chi connectivity index (χ3v) is 3.53. The second-order valence-electron chi connectivity index (χ2n) is 5.74. The molecule has 0 saturated carbocycles. The van der Waals surface area contributed by atoms with Gasteiger partial charge in [-0.2, -0.15) is 0 Å². The fraction of sp³-hybridized carbons (Fsp3) is 0.455. The van der Waals surface area contributed by atoms with Crippen LogP contribution in [0.5, 0.6) is 0 Å². The summed E-state index contributed by atoms with van der Waals surface area (Å²) in [7, 11) is 0. The van der Waals surface area contributed by atoms with Crippen LogP contribution in [0.25, 0.3) is 0 Å². The van der Waals surface area contributed by atoms with Gasteiger partial charge in [-0.25, -0.2) is 0 Å². The molecule has 0 atom stereocenters. The topological polar surface area (TPSA) is 83.1 Å². The summed E-state index contributed by atoms with van der Waals surface area (Å²) in [6.45, 7) is 9.41. The second-order valence-corrected chi connectivity index (χ2v) is 5.74. The number of nitrogens with one attached hydrogen (secondary N) is 1. The Balaban J connectivity index is 2.00. The number of amides is 1. The van der Waals surface area contributed by atoms with Crippen molar-refractivity contribution in [2.75, 3.05) is 59.4 Å². The highest BCUT2D eigenvalue weighted by Crippen LogP contribution is 2.05. The summed E-state index contributed by atoms with van der Waals surface area (Å²) in [5, 5.41) is 2.76. The summed E-state index contributed by atoms with van der Waals surface area (Å²) >= 11 is 0. The minimum absolute atomic E-state index is 0.223. The average Bonchev–Trinajstić information content (AvgIpc) is 2.74. The number of benzene rings is 1. The van der Waals surface area contributed by atoms with Crippen molar-refractivity contribution in [3.8, 4) is 11.8 Å². The van der Waals surface area contributed by atoms with Gasteiger partial charge in [0.25, 0.3) is 5.91 Å². The van der Waals surface area contributed by atoms with Gasteiger partial charge in [-0.3, -0.25) is 9.59 Å². The van der Waals surface area contributed by atoms with Gasteiger partial charge < -0.3 is 24.3 Å². The predicted octanol–water partition coefficient (Wildman–Crippen LogP) is 1.87. The molecule has 0 aromatic heterocycles. The molecule has 0 spiro atoms. The number of carbonyl (C=O) groups excluding carboxylic acids is 2. The Kier molecular flexibility index (Phi) is 13.9. The predicted molar refractivity (Wildman–Crippen MR) is 110 cm³/mol. The van der Waals surface area contributed by atoms with Crippen molar-refractivity contribution in [3.63, 3.8) is 0 Å². The summed E-state index contributed by atoms with van der Waals surface area (Å²) < 4.78 is 21.3. The zero-order valence-electron chi connectivity index (χ0n) is 16.9. The van der Waals surface area contributed by atoms with E-state index in [1.54, 1.807) is 37.3 Å². The number of Topliss-reactive ketones (excluding diaryl/α,β-unsaturated/α-hetero) is 1. The van der Waals surface area contributed by atoms with Crippen LogP contribution in [0.2, 0.25) is 0 Å². The maximum atomic E-state index is 12.0. The smallest absolute Gasteiger partial charge is 0.251 e. The van der Waals surface area contributed by atoms with Gasteiger partial charge in [-0.1, -0.05) is 12.0 Å². The Labute approximate surface area is 172 Å². The number of ether oxygens (including phenoxy) is 4. The molecule has 0 bridgehead atoms. The summed E-state index contributed by atoms with van der Waals surface area (Å²) in [6, 6.07) is 6.38. The van der Waals surface area contributed by atoms with Gasteiger partial charge in [0.15, 0.2) is 0 Å². The molecular formula is C22H29NO6. The van der Waals surface area contributed by atoms with E-state index in [4.69, 9.17) is 18.9 Å². The lowest BCUT2D eigenvalue weighted by Gasteiger charge is -2.08. The van der Waals surface area contributed by atoms with E-state index in [1.807, 2.05) is 0 Å². The number of hydrogen-bond acceptors (Lipinski definition) is 6. The van der Waals surface area contributed by atoms with Gasteiger partial charge in [0.1, 0.15) is 0 Å². The van der Waals surface area contributed by atoms with Crippen LogP contribution in [0.4, 0.5) is 0 Å².